The van der Waals surface area contributed by atoms with Crippen molar-refractivity contribution in [3.63, 3.8) is 0 Å². The van der Waals surface area contributed by atoms with Crippen molar-refractivity contribution in [3.05, 3.63) is 52.1 Å². The van der Waals surface area contributed by atoms with Gasteiger partial charge in [0.2, 0.25) is 0 Å². The molecule has 0 saturated carbocycles. The van der Waals surface area contributed by atoms with Crippen molar-refractivity contribution in [1.82, 2.24) is 5.32 Å². The van der Waals surface area contributed by atoms with Crippen LogP contribution in [0.5, 0.6) is 5.75 Å². The van der Waals surface area contributed by atoms with Crippen LogP contribution in [0.3, 0.4) is 0 Å². The van der Waals surface area contributed by atoms with Crippen molar-refractivity contribution in [1.29, 1.82) is 0 Å². The number of halogens is 2. The van der Waals surface area contributed by atoms with E-state index in [0.29, 0.717) is 23.4 Å². The Bertz CT molecular complexity index is 605. The minimum Gasteiger partial charge on any atom is -0.489 e. The van der Waals surface area contributed by atoms with E-state index in [-0.39, 0.29) is 11.4 Å². The van der Waals surface area contributed by atoms with E-state index in [1.54, 1.807) is 18.4 Å². The lowest BCUT2D eigenvalue weighted by Crippen LogP contribution is -2.35. The molecule has 1 aromatic heterocycles. The van der Waals surface area contributed by atoms with E-state index in [1.165, 1.54) is 6.07 Å². The van der Waals surface area contributed by atoms with Crippen LogP contribution in [0.1, 0.15) is 32.1 Å². The molecule has 0 atom stereocenters. The lowest BCUT2D eigenvalue weighted by Gasteiger charge is -2.20. The number of hydrogen-bond donors (Lipinski definition) is 1. The van der Waals surface area contributed by atoms with Crippen molar-refractivity contribution < 1.29 is 13.5 Å². The van der Waals surface area contributed by atoms with Crippen LogP contribution in [0, 0.1) is 5.82 Å². The van der Waals surface area contributed by atoms with Crippen LogP contribution in [0.4, 0.5) is 4.39 Å². The average molecular weight is 356 g/mol. The molecule has 0 unspecified atom stereocenters. The van der Waals surface area contributed by atoms with Crippen molar-refractivity contribution in [3.8, 4) is 5.75 Å². The Kier molecular flexibility index (Phi) is 5.06. The van der Waals surface area contributed by atoms with Gasteiger partial charge in [-0.3, -0.25) is 0 Å². The third-order valence-electron chi connectivity index (χ3n) is 2.90. The van der Waals surface area contributed by atoms with Gasteiger partial charge in [0.15, 0.2) is 0 Å². The van der Waals surface area contributed by atoms with Crippen molar-refractivity contribution in [2.24, 2.45) is 0 Å². The third kappa shape index (κ3) is 4.86. The van der Waals surface area contributed by atoms with Crippen LogP contribution in [0.2, 0.25) is 0 Å². The molecule has 0 saturated heterocycles. The highest BCUT2D eigenvalue weighted by Crippen LogP contribution is 2.22. The Balaban J connectivity index is 1.97. The fourth-order valence-electron chi connectivity index (χ4n) is 1.72. The predicted octanol–water partition coefficient (Wildman–Crippen LogP) is 4.65. The van der Waals surface area contributed by atoms with Gasteiger partial charge in [0.1, 0.15) is 23.9 Å². The van der Waals surface area contributed by atoms with Crippen LogP contribution < -0.4 is 10.1 Å². The van der Waals surface area contributed by atoms with Gasteiger partial charge in [-0.1, -0.05) is 0 Å². The number of benzene rings is 1. The lowest BCUT2D eigenvalue weighted by molar-refractivity contribution is 0.297. The van der Waals surface area contributed by atoms with Gasteiger partial charge in [-0.25, -0.2) is 4.39 Å². The summed E-state index contributed by atoms with van der Waals surface area (Å²) in [6, 6.07) is 6.58. The zero-order chi connectivity index (χ0) is 15.5. The van der Waals surface area contributed by atoms with Crippen molar-refractivity contribution >= 4 is 15.9 Å². The van der Waals surface area contributed by atoms with E-state index in [2.05, 4.69) is 42.0 Å². The van der Waals surface area contributed by atoms with Gasteiger partial charge in [0.05, 0.1) is 17.3 Å². The van der Waals surface area contributed by atoms with Crippen LogP contribution in [-0.4, -0.2) is 5.54 Å². The maximum atomic E-state index is 13.4. The first-order valence-electron chi connectivity index (χ1n) is 6.73. The molecular weight excluding hydrogens is 337 g/mol. The number of rotatable bonds is 5. The SMILES string of the molecule is CC(C)(C)NCc1occc1COc1ccc(Br)c(F)c1. The zero-order valence-electron chi connectivity index (χ0n) is 12.4. The topological polar surface area (TPSA) is 34.4 Å². The Hall–Kier alpha value is -1.33. The molecule has 1 N–H and O–H groups in total. The van der Waals surface area contributed by atoms with E-state index in [0.717, 1.165) is 11.3 Å². The van der Waals surface area contributed by atoms with Gasteiger partial charge in [0, 0.05) is 17.2 Å². The summed E-state index contributed by atoms with van der Waals surface area (Å²) in [6.07, 6.45) is 1.64. The highest BCUT2D eigenvalue weighted by atomic mass is 79.9. The molecule has 1 heterocycles. The fourth-order valence-corrected chi connectivity index (χ4v) is 1.97. The molecular formula is C16H19BrFNO2. The van der Waals surface area contributed by atoms with E-state index < -0.39 is 0 Å². The first-order valence-corrected chi connectivity index (χ1v) is 7.52. The molecule has 0 fully saturated rings. The molecule has 0 radical (unpaired) electrons. The monoisotopic (exact) mass is 355 g/mol. The second kappa shape index (κ2) is 6.62. The van der Waals surface area contributed by atoms with Crippen LogP contribution in [-0.2, 0) is 13.2 Å². The maximum absolute atomic E-state index is 13.4. The number of hydrogen-bond acceptors (Lipinski definition) is 3. The molecule has 2 aromatic rings. The molecule has 2 rings (SSSR count). The zero-order valence-corrected chi connectivity index (χ0v) is 14.0. The molecule has 0 bridgehead atoms. The van der Waals surface area contributed by atoms with Gasteiger partial charge in [-0.05, 0) is 54.9 Å². The van der Waals surface area contributed by atoms with Crippen LogP contribution in [0.15, 0.2) is 39.4 Å². The van der Waals surface area contributed by atoms with Gasteiger partial charge in [0.25, 0.3) is 0 Å². The summed E-state index contributed by atoms with van der Waals surface area (Å²) < 4.78 is 24.9. The normalized spacial score (nSPS) is 11.7. The summed E-state index contributed by atoms with van der Waals surface area (Å²) in [6.45, 7) is 7.26. The smallest absolute Gasteiger partial charge is 0.141 e. The number of ether oxygens (including phenoxy) is 1. The second-order valence-electron chi connectivity index (χ2n) is 5.84. The lowest BCUT2D eigenvalue weighted by atomic mass is 10.1. The molecule has 0 aliphatic carbocycles. The fraction of sp³-hybridized carbons (Fsp3) is 0.375. The highest BCUT2D eigenvalue weighted by molar-refractivity contribution is 9.10. The second-order valence-corrected chi connectivity index (χ2v) is 6.69. The molecule has 3 nitrogen and oxygen atoms in total. The molecule has 114 valence electrons. The number of furan rings is 1. The summed E-state index contributed by atoms with van der Waals surface area (Å²) in [4.78, 5) is 0. The molecule has 0 amide bonds. The van der Waals surface area contributed by atoms with E-state index in [1.807, 2.05) is 6.07 Å². The quantitative estimate of drug-likeness (QED) is 0.847. The largest absolute Gasteiger partial charge is 0.489 e. The average Bonchev–Trinajstić information content (AvgIpc) is 2.84. The molecule has 0 aliphatic heterocycles. The minimum absolute atomic E-state index is 0.0136. The summed E-state index contributed by atoms with van der Waals surface area (Å²) in [5.41, 5.74) is 0.967. The summed E-state index contributed by atoms with van der Waals surface area (Å²) in [5, 5.41) is 3.36. The Morgan fingerprint density at radius 3 is 2.71 bits per heavy atom. The molecule has 1 aromatic carbocycles. The predicted molar refractivity (Wildman–Crippen MR) is 83.7 cm³/mol. The van der Waals surface area contributed by atoms with Crippen LogP contribution in [0.25, 0.3) is 0 Å². The summed E-state index contributed by atoms with van der Waals surface area (Å²) >= 11 is 3.12. The van der Waals surface area contributed by atoms with E-state index >= 15 is 0 Å². The first-order chi connectivity index (χ1) is 9.85. The van der Waals surface area contributed by atoms with Gasteiger partial charge < -0.3 is 14.5 Å². The number of nitrogens with one attached hydrogen (secondary N) is 1. The molecule has 5 heteroatoms. The Morgan fingerprint density at radius 1 is 1.29 bits per heavy atom. The van der Waals surface area contributed by atoms with Crippen LogP contribution >= 0.6 is 15.9 Å². The van der Waals surface area contributed by atoms with Gasteiger partial charge in [-0.2, -0.15) is 0 Å². The Labute approximate surface area is 132 Å². The standard InChI is InChI=1S/C16H19BrFNO2/c1-16(2,3)19-9-15-11(6-7-20-15)10-21-12-4-5-13(17)14(18)8-12/h4-8,19H,9-10H2,1-3H3. The molecule has 0 spiro atoms. The first kappa shape index (κ1) is 16.0. The summed E-state index contributed by atoms with van der Waals surface area (Å²) in [5.74, 6) is 0.989. The van der Waals surface area contributed by atoms with Gasteiger partial charge >= 0.3 is 0 Å². The van der Waals surface area contributed by atoms with Crippen molar-refractivity contribution in [2.75, 3.05) is 0 Å². The molecule has 0 aliphatic rings. The van der Waals surface area contributed by atoms with E-state index in [4.69, 9.17) is 9.15 Å². The Morgan fingerprint density at radius 2 is 2.05 bits per heavy atom. The maximum Gasteiger partial charge on any atom is 0.141 e. The molecule has 21 heavy (non-hydrogen) atoms. The van der Waals surface area contributed by atoms with Gasteiger partial charge in [-0.15, -0.1) is 0 Å². The summed E-state index contributed by atoms with van der Waals surface area (Å²) in [7, 11) is 0. The van der Waals surface area contributed by atoms with Crippen molar-refractivity contribution in [2.45, 2.75) is 39.5 Å². The van der Waals surface area contributed by atoms with E-state index in [9.17, 15) is 4.39 Å². The third-order valence-corrected chi connectivity index (χ3v) is 3.55. The minimum atomic E-state index is -0.339. The highest BCUT2D eigenvalue weighted by Gasteiger charge is 2.13.